The van der Waals surface area contributed by atoms with Gasteiger partial charge in [-0.25, -0.2) is 18.1 Å². The molecule has 13 heteroatoms. The van der Waals surface area contributed by atoms with Gasteiger partial charge in [-0.15, -0.1) is 16.4 Å². The summed E-state index contributed by atoms with van der Waals surface area (Å²) in [5, 5.41) is 6.30. The second kappa shape index (κ2) is 7.29. The summed E-state index contributed by atoms with van der Waals surface area (Å²) >= 11 is 1.39. The molecule has 28 heavy (non-hydrogen) atoms. The van der Waals surface area contributed by atoms with Crippen LogP contribution in [0.25, 0.3) is 5.78 Å². The van der Waals surface area contributed by atoms with E-state index >= 15 is 0 Å². The number of anilines is 1. The summed E-state index contributed by atoms with van der Waals surface area (Å²) < 4.78 is 66.6. The lowest BCUT2D eigenvalue weighted by atomic mass is 10.4. The van der Waals surface area contributed by atoms with Crippen LogP contribution in [0.4, 0.5) is 19.0 Å². The van der Waals surface area contributed by atoms with Gasteiger partial charge in [0.15, 0.2) is 0 Å². The quantitative estimate of drug-likeness (QED) is 0.578. The number of nitrogens with zero attached hydrogens (tertiary/aromatic N) is 4. The van der Waals surface area contributed by atoms with E-state index in [1.54, 1.807) is 19.9 Å². The Kier molecular flexibility index (Phi) is 5.34. The zero-order chi connectivity index (χ0) is 20.7. The van der Waals surface area contributed by atoms with E-state index in [9.17, 15) is 21.6 Å². The van der Waals surface area contributed by atoms with Gasteiger partial charge in [-0.05, 0) is 26.8 Å². The Balaban J connectivity index is 1.72. The Hall–Kier alpha value is -2.25. The van der Waals surface area contributed by atoms with Gasteiger partial charge in [0, 0.05) is 34.6 Å². The molecule has 0 spiro atoms. The molecule has 8 nitrogen and oxygen atoms in total. The fourth-order valence-electron chi connectivity index (χ4n) is 2.56. The molecular formula is C15H17F3N6O2S2. The smallest absolute Gasteiger partial charge is 0.369 e. The molecule has 2 N–H and O–H groups in total. The molecule has 0 aromatic carbocycles. The number of aromatic nitrogens is 4. The van der Waals surface area contributed by atoms with Crippen LogP contribution < -0.4 is 10.0 Å². The van der Waals surface area contributed by atoms with Crippen LogP contribution in [0, 0.1) is 20.8 Å². The monoisotopic (exact) mass is 434 g/mol. The molecule has 0 radical (unpaired) electrons. The van der Waals surface area contributed by atoms with E-state index < -0.39 is 22.0 Å². The molecular weight excluding hydrogens is 417 g/mol. The molecule has 3 heterocycles. The van der Waals surface area contributed by atoms with E-state index in [4.69, 9.17) is 0 Å². The maximum absolute atomic E-state index is 12.8. The highest BCUT2D eigenvalue weighted by Crippen LogP contribution is 2.27. The number of fused-ring (bicyclic) bond motifs is 1. The number of halogens is 3. The van der Waals surface area contributed by atoms with Crippen molar-refractivity contribution in [2.24, 2.45) is 0 Å². The molecule has 0 aliphatic heterocycles. The van der Waals surface area contributed by atoms with Gasteiger partial charge in [0.05, 0.1) is 4.90 Å². The van der Waals surface area contributed by atoms with E-state index in [-0.39, 0.29) is 29.6 Å². The molecule has 0 unspecified atom stereocenters. The summed E-state index contributed by atoms with van der Waals surface area (Å²) in [6.45, 7) is 5.31. The predicted molar refractivity (Wildman–Crippen MR) is 98.0 cm³/mol. The summed E-state index contributed by atoms with van der Waals surface area (Å²) in [5.74, 6) is -1.26. The molecule has 0 aliphatic carbocycles. The first-order valence-corrected chi connectivity index (χ1v) is 10.4. The van der Waals surface area contributed by atoms with Crippen LogP contribution in [0.3, 0.4) is 0 Å². The van der Waals surface area contributed by atoms with Crippen LogP contribution >= 0.6 is 11.3 Å². The molecule has 0 saturated carbocycles. The standard InChI is InChI=1S/C15H17F3N6O2S2/c1-8-6-12(24-14(21-8)22-13(23-24)15(16,17)18)19-4-5-20-28(25,26)11-7-9(2)27-10(11)3/h6-7,19-20H,4-5H2,1-3H3. The molecule has 0 amide bonds. The average Bonchev–Trinajstić information content (AvgIpc) is 3.14. The van der Waals surface area contributed by atoms with Crippen LogP contribution in [0.5, 0.6) is 0 Å². The first kappa shape index (κ1) is 20.5. The van der Waals surface area contributed by atoms with Gasteiger partial charge >= 0.3 is 6.18 Å². The fraction of sp³-hybridized carbons (Fsp3) is 0.400. The number of thiophene rings is 1. The summed E-state index contributed by atoms with van der Waals surface area (Å²) in [4.78, 5) is 9.12. The van der Waals surface area contributed by atoms with Gasteiger partial charge in [-0.1, -0.05) is 0 Å². The van der Waals surface area contributed by atoms with Crippen molar-refractivity contribution in [1.82, 2.24) is 24.3 Å². The Labute approximate surface area is 162 Å². The van der Waals surface area contributed by atoms with Crippen LogP contribution in [-0.2, 0) is 16.2 Å². The van der Waals surface area contributed by atoms with Crippen molar-refractivity contribution < 1.29 is 21.6 Å². The SMILES string of the molecule is Cc1cc(NCCNS(=O)(=O)c2cc(C)sc2C)n2nc(C(F)(F)F)nc2n1. The Bertz CT molecular complexity index is 1120. The fourth-order valence-corrected chi connectivity index (χ4v) is 5.15. The zero-order valence-electron chi connectivity index (χ0n) is 15.1. The first-order valence-electron chi connectivity index (χ1n) is 8.09. The van der Waals surface area contributed by atoms with Gasteiger partial charge in [0.25, 0.3) is 11.6 Å². The molecule has 0 saturated heterocycles. The Morgan fingerprint density at radius 1 is 1.14 bits per heavy atom. The van der Waals surface area contributed by atoms with Crippen molar-refractivity contribution in [3.8, 4) is 0 Å². The lowest BCUT2D eigenvalue weighted by molar-refractivity contribution is -0.144. The molecule has 0 aliphatic rings. The summed E-state index contributed by atoms with van der Waals surface area (Å²) in [6.07, 6.45) is -4.69. The molecule has 3 rings (SSSR count). The molecule has 0 atom stereocenters. The van der Waals surface area contributed by atoms with E-state index in [0.29, 0.717) is 10.6 Å². The third-order valence-electron chi connectivity index (χ3n) is 3.70. The minimum Gasteiger partial charge on any atom is -0.369 e. The Morgan fingerprint density at radius 2 is 1.86 bits per heavy atom. The minimum atomic E-state index is -4.69. The highest BCUT2D eigenvalue weighted by Gasteiger charge is 2.36. The Morgan fingerprint density at radius 3 is 2.46 bits per heavy atom. The number of hydrogen-bond acceptors (Lipinski definition) is 7. The van der Waals surface area contributed by atoms with Crippen molar-refractivity contribution in [2.75, 3.05) is 18.4 Å². The maximum Gasteiger partial charge on any atom is 0.453 e. The first-order chi connectivity index (χ1) is 13.0. The number of rotatable bonds is 6. The van der Waals surface area contributed by atoms with Crippen molar-refractivity contribution in [3.63, 3.8) is 0 Å². The molecule has 3 aromatic rings. The largest absolute Gasteiger partial charge is 0.453 e. The van der Waals surface area contributed by atoms with E-state index in [1.807, 2.05) is 6.92 Å². The average molecular weight is 434 g/mol. The predicted octanol–water partition coefficient (Wildman–Crippen LogP) is 2.52. The van der Waals surface area contributed by atoms with E-state index in [1.165, 1.54) is 17.4 Å². The van der Waals surface area contributed by atoms with E-state index in [0.717, 1.165) is 9.39 Å². The van der Waals surface area contributed by atoms with Gasteiger partial charge in [0.1, 0.15) is 5.82 Å². The summed E-state index contributed by atoms with van der Waals surface area (Å²) in [7, 11) is -3.67. The van der Waals surface area contributed by atoms with E-state index in [2.05, 4.69) is 25.1 Å². The number of hydrogen-bond donors (Lipinski definition) is 2. The van der Waals surface area contributed by atoms with Crippen LogP contribution in [0.2, 0.25) is 0 Å². The van der Waals surface area contributed by atoms with Gasteiger partial charge in [0.2, 0.25) is 10.0 Å². The maximum atomic E-state index is 12.8. The number of sulfonamides is 1. The summed E-state index contributed by atoms with van der Waals surface area (Å²) in [6, 6.07) is 3.10. The second-order valence-corrected chi connectivity index (χ2v) is 9.23. The van der Waals surface area contributed by atoms with Crippen molar-refractivity contribution in [1.29, 1.82) is 0 Å². The molecule has 152 valence electrons. The van der Waals surface area contributed by atoms with Crippen LogP contribution in [-0.4, -0.2) is 41.1 Å². The highest BCUT2D eigenvalue weighted by atomic mass is 32.2. The van der Waals surface area contributed by atoms with Gasteiger partial charge in [-0.3, -0.25) is 0 Å². The minimum absolute atomic E-state index is 0.0281. The zero-order valence-corrected chi connectivity index (χ0v) is 16.8. The normalized spacial score (nSPS) is 12.6. The van der Waals surface area contributed by atoms with Gasteiger partial charge in [-0.2, -0.15) is 22.7 Å². The number of nitrogens with one attached hydrogen (secondary N) is 2. The number of alkyl halides is 3. The lowest BCUT2D eigenvalue weighted by Crippen LogP contribution is -2.29. The summed E-state index contributed by atoms with van der Waals surface area (Å²) in [5.41, 5.74) is 0.445. The van der Waals surface area contributed by atoms with Crippen molar-refractivity contribution in [3.05, 3.63) is 33.4 Å². The van der Waals surface area contributed by atoms with Crippen molar-refractivity contribution >= 4 is 33.0 Å². The van der Waals surface area contributed by atoms with Gasteiger partial charge < -0.3 is 5.32 Å². The topological polar surface area (TPSA) is 101 Å². The highest BCUT2D eigenvalue weighted by molar-refractivity contribution is 7.89. The third-order valence-corrected chi connectivity index (χ3v) is 6.38. The third kappa shape index (κ3) is 4.25. The number of aryl methyl sites for hydroxylation is 3. The molecule has 0 fully saturated rings. The van der Waals surface area contributed by atoms with Crippen LogP contribution in [0.1, 0.15) is 21.3 Å². The van der Waals surface area contributed by atoms with Crippen molar-refractivity contribution in [2.45, 2.75) is 31.8 Å². The lowest BCUT2D eigenvalue weighted by Gasteiger charge is -2.10. The molecule has 0 bridgehead atoms. The second-order valence-electron chi connectivity index (χ2n) is 6.03. The molecule has 3 aromatic heterocycles. The van der Waals surface area contributed by atoms with Crippen LogP contribution in [0.15, 0.2) is 17.0 Å².